The van der Waals surface area contributed by atoms with E-state index in [-0.39, 0.29) is 6.61 Å². The molecule has 1 aromatic heterocycles. The van der Waals surface area contributed by atoms with Crippen molar-refractivity contribution in [3.63, 3.8) is 0 Å². The molecule has 0 unspecified atom stereocenters. The summed E-state index contributed by atoms with van der Waals surface area (Å²) in [4.78, 5) is 10.9. The molecule has 17 heavy (non-hydrogen) atoms. The van der Waals surface area contributed by atoms with Gasteiger partial charge in [-0.05, 0) is 20.3 Å². The Kier molecular flexibility index (Phi) is 5.86. The first-order valence-electron chi connectivity index (χ1n) is 6.01. The SMILES string of the molecule is CNc1cnc(CN(CCCO)C(C)C)cn1. The Bertz CT molecular complexity index is 313. The van der Waals surface area contributed by atoms with Gasteiger partial charge in [0, 0.05) is 32.8 Å². The quantitative estimate of drug-likeness (QED) is 0.745. The number of anilines is 1. The van der Waals surface area contributed by atoms with Crippen LogP contribution in [-0.2, 0) is 6.54 Å². The van der Waals surface area contributed by atoms with Gasteiger partial charge >= 0.3 is 0 Å². The molecule has 1 rings (SSSR count). The molecule has 0 radical (unpaired) electrons. The maximum absolute atomic E-state index is 8.87. The number of nitrogens with one attached hydrogen (secondary N) is 1. The maximum Gasteiger partial charge on any atom is 0.144 e. The molecule has 0 aliphatic carbocycles. The molecule has 0 aliphatic heterocycles. The largest absolute Gasteiger partial charge is 0.396 e. The van der Waals surface area contributed by atoms with Crippen LogP contribution >= 0.6 is 0 Å². The predicted molar refractivity (Wildman–Crippen MR) is 68.8 cm³/mol. The second kappa shape index (κ2) is 7.19. The summed E-state index contributed by atoms with van der Waals surface area (Å²) in [5, 5.41) is 11.8. The zero-order valence-corrected chi connectivity index (χ0v) is 10.8. The van der Waals surface area contributed by atoms with Gasteiger partial charge in [-0.25, -0.2) is 4.98 Å². The first-order chi connectivity index (χ1) is 8.17. The summed E-state index contributed by atoms with van der Waals surface area (Å²) in [6.45, 7) is 6.17. The van der Waals surface area contributed by atoms with E-state index in [4.69, 9.17) is 5.11 Å². The van der Waals surface area contributed by atoms with Gasteiger partial charge in [-0.2, -0.15) is 0 Å². The molecule has 2 N–H and O–H groups in total. The minimum Gasteiger partial charge on any atom is -0.396 e. The van der Waals surface area contributed by atoms with Crippen molar-refractivity contribution in [1.82, 2.24) is 14.9 Å². The monoisotopic (exact) mass is 238 g/mol. The van der Waals surface area contributed by atoms with Crippen molar-refractivity contribution in [2.24, 2.45) is 0 Å². The van der Waals surface area contributed by atoms with Gasteiger partial charge in [0.25, 0.3) is 0 Å². The number of nitrogens with zero attached hydrogens (tertiary/aromatic N) is 3. The summed E-state index contributed by atoms with van der Waals surface area (Å²) >= 11 is 0. The number of aliphatic hydroxyl groups is 1. The summed E-state index contributed by atoms with van der Waals surface area (Å²) in [6, 6.07) is 0.437. The molecule has 96 valence electrons. The van der Waals surface area contributed by atoms with Gasteiger partial charge in [0.15, 0.2) is 0 Å². The lowest BCUT2D eigenvalue weighted by molar-refractivity contribution is 0.183. The van der Waals surface area contributed by atoms with Crippen molar-refractivity contribution in [1.29, 1.82) is 0 Å². The molecule has 0 saturated carbocycles. The standard InChI is InChI=1S/C12H22N4O/c1-10(2)16(5-4-6-17)9-11-7-15-12(13-3)8-14-11/h7-8,10,17H,4-6,9H2,1-3H3,(H,13,15). The van der Waals surface area contributed by atoms with Crippen LogP contribution < -0.4 is 5.32 Å². The predicted octanol–water partition coefficient (Wildman–Crippen LogP) is 1.11. The lowest BCUT2D eigenvalue weighted by atomic mass is 10.2. The second-order valence-electron chi connectivity index (χ2n) is 4.28. The zero-order valence-electron chi connectivity index (χ0n) is 10.8. The average Bonchev–Trinajstić information content (AvgIpc) is 2.35. The number of aromatic nitrogens is 2. The minimum atomic E-state index is 0.230. The van der Waals surface area contributed by atoms with Crippen LogP contribution in [0.1, 0.15) is 26.0 Å². The van der Waals surface area contributed by atoms with E-state index in [2.05, 4.69) is 34.0 Å². The highest BCUT2D eigenvalue weighted by molar-refractivity contribution is 5.29. The Balaban J connectivity index is 2.58. The van der Waals surface area contributed by atoms with E-state index < -0.39 is 0 Å². The van der Waals surface area contributed by atoms with Gasteiger partial charge in [0.1, 0.15) is 5.82 Å². The second-order valence-corrected chi connectivity index (χ2v) is 4.28. The van der Waals surface area contributed by atoms with E-state index >= 15 is 0 Å². The van der Waals surface area contributed by atoms with E-state index in [1.807, 2.05) is 7.05 Å². The molecule has 0 aliphatic rings. The first-order valence-corrected chi connectivity index (χ1v) is 6.01. The fraction of sp³-hybridized carbons (Fsp3) is 0.667. The lowest BCUT2D eigenvalue weighted by Gasteiger charge is -2.25. The van der Waals surface area contributed by atoms with Crippen LogP contribution in [0.5, 0.6) is 0 Å². The Labute approximate surface area is 103 Å². The van der Waals surface area contributed by atoms with Crippen molar-refractivity contribution in [3.05, 3.63) is 18.1 Å². The van der Waals surface area contributed by atoms with Crippen LogP contribution in [0.4, 0.5) is 5.82 Å². The summed E-state index contributed by atoms with van der Waals surface area (Å²) in [5.41, 5.74) is 0.954. The van der Waals surface area contributed by atoms with Gasteiger partial charge in [0.05, 0.1) is 18.1 Å². The van der Waals surface area contributed by atoms with Gasteiger partial charge in [-0.1, -0.05) is 0 Å². The van der Waals surface area contributed by atoms with E-state index in [0.717, 1.165) is 31.0 Å². The highest BCUT2D eigenvalue weighted by atomic mass is 16.3. The molecule has 1 aromatic rings. The van der Waals surface area contributed by atoms with Gasteiger partial charge in [-0.3, -0.25) is 9.88 Å². The number of hydrogen-bond acceptors (Lipinski definition) is 5. The van der Waals surface area contributed by atoms with Crippen LogP contribution in [-0.4, -0.2) is 46.2 Å². The Morgan fingerprint density at radius 3 is 2.59 bits per heavy atom. The topological polar surface area (TPSA) is 61.3 Å². The van der Waals surface area contributed by atoms with Crippen LogP contribution in [0.2, 0.25) is 0 Å². The fourth-order valence-corrected chi connectivity index (χ4v) is 1.57. The van der Waals surface area contributed by atoms with Crippen molar-refractivity contribution in [2.45, 2.75) is 32.9 Å². The van der Waals surface area contributed by atoms with Crippen molar-refractivity contribution in [2.75, 3.05) is 25.5 Å². The lowest BCUT2D eigenvalue weighted by Crippen LogP contribution is -2.32. The van der Waals surface area contributed by atoms with Gasteiger partial charge in [-0.15, -0.1) is 0 Å². The Hall–Kier alpha value is -1.20. The third-order valence-electron chi connectivity index (χ3n) is 2.66. The number of hydrogen-bond donors (Lipinski definition) is 2. The Morgan fingerprint density at radius 1 is 1.35 bits per heavy atom. The molecule has 1 heterocycles. The molecule has 0 spiro atoms. The molecule has 5 heteroatoms. The molecule has 0 fully saturated rings. The summed E-state index contributed by atoms with van der Waals surface area (Å²) in [7, 11) is 1.82. The molecule has 0 atom stereocenters. The van der Waals surface area contributed by atoms with Gasteiger partial charge in [0.2, 0.25) is 0 Å². The van der Waals surface area contributed by atoms with Crippen LogP contribution in [0.15, 0.2) is 12.4 Å². The highest BCUT2D eigenvalue weighted by Gasteiger charge is 2.10. The number of rotatable bonds is 7. The zero-order chi connectivity index (χ0) is 12.7. The summed E-state index contributed by atoms with van der Waals surface area (Å²) < 4.78 is 0. The van der Waals surface area contributed by atoms with E-state index in [1.54, 1.807) is 12.4 Å². The van der Waals surface area contributed by atoms with Crippen molar-refractivity contribution >= 4 is 5.82 Å². The van der Waals surface area contributed by atoms with E-state index in [1.165, 1.54) is 0 Å². The first kappa shape index (κ1) is 13.9. The van der Waals surface area contributed by atoms with E-state index in [9.17, 15) is 0 Å². The van der Waals surface area contributed by atoms with E-state index in [0.29, 0.717) is 6.04 Å². The average molecular weight is 238 g/mol. The molecule has 0 amide bonds. The third kappa shape index (κ3) is 4.66. The van der Waals surface area contributed by atoms with Gasteiger partial charge < -0.3 is 10.4 Å². The molecule has 0 bridgehead atoms. The van der Waals surface area contributed by atoms with Crippen molar-refractivity contribution < 1.29 is 5.11 Å². The molecule has 0 aromatic carbocycles. The molecule has 0 saturated heterocycles. The minimum absolute atomic E-state index is 0.230. The summed E-state index contributed by atoms with van der Waals surface area (Å²) in [5.74, 6) is 0.778. The molecular weight excluding hydrogens is 216 g/mol. The van der Waals surface area contributed by atoms with Crippen LogP contribution in [0.25, 0.3) is 0 Å². The normalized spacial score (nSPS) is 11.2. The van der Waals surface area contributed by atoms with Crippen LogP contribution in [0.3, 0.4) is 0 Å². The third-order valence-corrected chi connectivity index (χ3v) is 2.66. The number of aliphatic hydroxyl groups excluding tert-OH is 1. The van der Waals surface area contributed by atoms with Crippen molar-refractivity contribution in [3.8, 4) is 0 Å². The fourth-order valence-electron chi connectivity index (χ4n) is 1.57. The smallest absolute Gasteiger partial charge is 0.144 e. The van der Waals surface area contributed by atoms with Crippen LogP contribution in [0, 0.1) is 0 Å². The Morgan fingerprint density at radius 2 is 2.12 bits per heavy atom. The molecular formula is C12H22N4O. The summed E-state index contributed by atoms with van der Waals surface area (Å²) in [6.07, 6.45) is 4.32. The highest BCUT2D eigenvalue weighted by Crippen LogP contribution is 2.07. The maximum atomic E-state index is 8.87. The molecule has 5 nitrogen and oxygen atoms in total.